The molecule has 0 bridgehead atoms. The third-order valence-electron chi connectivity index (χ3n) is 0.914. The zero-order valence-corrected chi connectivity index (χ0v) is 5.59. The molecule has 0 aromatic carbocycles. The van der Waals surface area contributed by atoms with E-state index in [0.717, 1.165) is 5.01 Å². The van der Waals surface area contributed by atoms with Gasteiger partial charge in [-0.15, -0.1) is 0 Å². The van der Waals surface area contributed by atoms with Crippen LogP contribution in [0.3, 0.4) is 0 Å². The van der Waals surface area contributed by atoms with Gasteiger partial charge in [0.15, 0.2) is 0 Å². The fourth-order valence-corrected chi connectivity index (χ4v) is 0.309. The lowest BCUT2D eigenvalue weighted by molar-refractivity contribution is 0.185. The smallest absolute Gasteiger partial charge is 0.275 e. The van der Waals surface area contributed by atoms with Gasteiger partial charge in [0.25, 0.3) is 0 Å². The Labute approximate surface area is 53.9 Å². The summed E-state index contributed by atoms with van der Waals surface area (Å²) >= 11 is 0. The van der Waals surface area contributed by atoms with Crippen molar-refractivity contribution in [1.82, 2.24) is 10.4 Å². The monoisotopic (exact) mass is 132 g/mol. The van der Waals surface area contributed by atoms with E-state index in [1.54, 1.807) is 13.8 Å². The third kappa shape index (κ3) is 2.29. The van der Waals surface area contributed by atoms with E-state index < -0.39 is 6.03 Å². The van der Waals surface area contributed by atoms with Gasteiger partial charge in [-0.25, -0.2) is 16.5 Å². The van der Waals surface area contributed by atoms with Crippen LogP contribution in [0.15, 0.2) is 0 Å². The lowest BCUT2D eigenvalue weighted by Gasteiger charge is -2.19. The molecule has 0 atom stereocenters. The average Bonchev–Trinajstić information content (AvgIpc) is 1.84. The highest BCUT2D eigenvalue weighted by Gasteiger charge is 2.09. The highest BCUT2D eigenvalue weighted by atomic mass is 16.2. The average molecular weight is 132 g/mol. The van der Waals surface area contributed by atoms with Crippen molar-refractivity contribution < 1.29 is 4.79 Å². The summed E-state index contributed by atoms with van der Waals surface area (Å²) in [5.74, 6) is 10.0. The molecule has 5 heteroatoms. The molecule has 0 aliphatic heterocycles. The molecule has 2 amide bonds. The number of carbonyl (C=O) groups is 1. The minimum Gasteiger partial charge on any atom is -0.275 e. The molecule has 0 fully saturated rings. The lowest BCUT2D eigenvalue weighted by atomic mass is 10.4. The molecule has 0 saturated heterocycles. The molecule has 0 spiro atoms. The second-order valence-electron chi connectivity index (χ2n) is 1.95. The summed E-state index contributed by atoms with van der Waals surface area (Å²) in [6.45, 7) is 3.57. The van der Waals surface area contributed by atoms with Gasteiger partial charge >= 0.3 is 6.03 Å². The molecule has 0 aliphatic rings. The van der Waals surface area contributed by atoms with Crippen molar-refractivity contribution >= 4 is 6.03 Å². The fourth-order valence-electron chi connectivity index (χ4n) is 0.309. The minimum atomic E-state index is -0.481. The predicted molar refractivity (Wildman–Crippen MR) is 33.9 cm³/mol. The number of rotatable bonds is 1. The van der Waals surface area contributed by atoms with Crippen LogP contribution in [0.5, 0.6) is 0 Å². The quantitative estimate of drug-likeness (QED) is 0.247. The normalized spacial score (nSPS) is 9.44. The Kier molecular flexibility index (Phi) is 2.97. The molecule has 9 heavy (non-hydrogen) atoms. The first-order valence-corrected chi connectivity index (χ1v) is 2.64. The molecule has 0 unspecified atom stereocenters. The second-order valence-corrected chi connectivity index (χ2v) is 1.95. The Hall–Kier alpha value is -0.810. The molecule has 0 saturated carbocycles. The topological polar surface area (TPSA) is 84.4 Å². The van der Waals surface area contributed by atoms with Crippen molar-refractivity contribution in [2.45, 2.75) is 19.9 Å². The Bertz CT molecular complexity index is 103. The number of hydrogen-bond donors (Lipinski definition) is 3. The first kappa shape index (κ1) is 8.19. The minimum absolute atomic E-state index is 0.0338. The number of nitrogens with one attached hydrogen (secondary N) is 1. The van der Waals surface area contributed by atoms with Crippen LogP contribution in [0.1, 0.15) is 13.8 Å². The van der Waals surface area contributed by atoms with Crippen molar-refractivity contribution in [2.75, 3.05) is 0 Å². The Morgan fingerprint density at radius 3 is 2.22 bits per heavy atom. The van der Waals surface area contributed by atoms with E-state index in [4.69, 9.17) is 11.7 Å². The van der Waals surface area contributed by atoms with Crippen LogP contribution >= 0.6 is 0 Å². The van der Waals surface area contributed by atoms with E-state index >= 15 is 0 Å². The summed E-state index contributed by atoms with van der Waals surface area (Å²) < 4.78 is 0. The highest BCUT2D eigenvalue weighted by molar-refractivity contribution is 5.72. The van der Waals surface area contributed by atoms with E-state index in [9.17, 15) is 4.79 Å². The van der Waals surface area contributed by atoms with Gasteiger partial charge < -0.3 is 0 Å². The molecule has 0 radical (unpaired) electrons. The second kappa shape index (κ2) is 3.26. The number of nitrogens with two attached hydrogens (primary N) is 2. The van der Waals surface area contributed by atoms with Crippen molar-refractivity contribution in [2.24, 2.45) is 11.7 Å². The number of carbonyl (C=O) groups excluding carboxylic acids is 1. The maximum Gasteiger partial charge on any atom is 0.345 e. The Morgan fingerprint density at radius 1 is 1.67 bits per heavy atom. The van der Waals surface area contributed by atoms with Crippen LogP contribution in [0.4, 0.5) is 4.79 Å². The van der Waals surface area contributed by atoms with Gasteiger partial charge in [-0.3, -0.25) is 10.4 Å². The Morgan fingerprint density at radius 2 is 2.11 bits per heavy atom. The largest absolute Gasteiger partial charge is 0.345 e. The van der Waals surface area contributed by atoms with E-state index in [0.29, 0.717) is 0 Å². The molecule has 5 N–H and O–H groups in total. The zero-order chi connectivity index (χ0) is 7.44. The van der Waals surface area contributed by atoms with Crippen LogP contribution in [-0.2, 0) is 0 Å². The van der Waals surface area contributed by atoms with Gasteiger partial charge in [0.05, 0.1) is 0 Å². The predicted octanol–water partition coefficient (Wildman–Crippen LogP) is -0.846. The summed E-state index contributed by atoms with van der Waals surface area (Å²) in [4.78, 5) is 10.5. The van der Waals surface area contributed by atoms with Crippen molar-refractivity contribution in [1.29, 1.82) is 0 Å². The Balaban J connectivity index is 3.72. The number of amides is 2. The first-order chi connectivity index (χ1) is 4.09. The summed E-state index contributed by atoms with van der Waals surface area (Å²) in [5.41, 5.74) is 1.91. The van der Waals surface area contributed by atoms with Gasteiger partial charge in [-0.05, 0) is 13.8 Å². The van der Waals surface area contributed by atoms with Gasteiger partial charge in [-0.1, -0.05) is 0 Å². The molecule has 0 aliphatic carbocycles. The van der Waals surface area contributed by atoms with E-state index in [1.165, 1.54) is 0 Å². The van der Waals surface area contributed by atoms with E-state index in [2.05, 4.69) is 0 Å². The molecule has 0 rings (SSSR count). The molecular weight excluding hydrogens is 120 g/mol. The first-order valence-electron chi connectivity index (χ1n) is 2.64. The van der Waals surface area contributed by atoms with Crippen LogP contribution in [0.2, 0.25) is 0 Å². The summed E-state index contributed by atoms with van der Waals surface area (Å²) in [6.07, 6.45) is 0. The SMILES string of the molecule is CC(C)N(N)C(=O)NN. The maximum absolute atomic E-state index is 10.5. The van der Waals surface area contributed by atoms with Crippen molar-refractivity contribution in [3.8, 4) is 0 Å². The van der Waals surface area contributed by atoms with Gasteiger partial charge in [0, 0.05) is 6.04 Å². The molecule has 5 nitrogen and oxygen atoms in total. The summed E-state index contributed by atoms with van der Waals surface area (Å²) in [6, 6.07) is -0.515. The van der Waals surface area contributed by atoms with Gasteiger partial charge in [0.1, 0.15) is 0 Å². The third-order valence-corrected chi connectivity index (χ3v) is 0.914. The number of nitrogens with zero attached hydrogens (tertiary/aromatic N) is 1. The van der Waals surface area contributed by atoms with Crippen molar-refractivity contribution in [3.05, 3.63) is 0 Å². The van der Waals surface area contributed by atoms with Gasteiger partial charge in [0.2, 0.25) is 0 Å². The fraction of sp³-hybridized carbons (Fsp3) is 0.750. The van der Waals surface area contributed by atoms with Crippen molar-refractivity contribution in [3.63, 3.8) is 0 Å². The maximum atomic E-state index is 10.5. The number of hydrazine groups is 2. The molecule has 54 valence electrons. The summed E-state index contributed by atoms with van der Waals surface area (Å²) in [7, 11) is 0. The molecular formula is C4H12N4O. The zero-order valence-electron chi connectivity index (χ0n) is 5.59. The van der Waals surface area contributed by atoms with Gasteiger partial charge in [-0.2, -0.15) is 0 Å². The summed E-state index contributed by atoms with van der Waals surface area (Å²) in [5, 5.41) is 1.01. The van der Waals surface area contributed by atoms with E-state index in [1.807, 2.05) is 5.43 Å². The van der Waals surface area contributed by atoms with Crippen LogP contribution in [0.25, 0.3) is 0 Å². The van der Waals surface area contributed by atoms with Crippen LogP contribution in [0, 0.1) is 0 Å². The van der Waals surface area contributed by atoms with Crippen LogP contribution in [-0.4, -0.2) is 17.1 Å². The number of hydrogen-bond acceptors (Lipinski definition) is 3. The van der Waals surface area contributed by atoms with E-state index in [-0.39, 0.29) is 6.04 Å². The number of urea groups is 1. The molecule has 0 aromatic heterocycles. The lowest BCUT2D eigenvalue weighted by Crippen LogP contribution is -2.50. The highest BCUT2D eigenvalue weighted by Crippen LogP contribution is 1.87. The molecule has 0 heterocycles. The van der Waals surface area contributed by atoms with Crippen LogP contribution < -0.4 is 17.1 Å². The molecule has 0 aromatic rings. The standard InChI is InChI=1S/C4H12N4O/c1-3(2)8(6)4(9)7-5/h3H,5-6H2,1-2H3,(H,7,9).